The van der Waals surface area contributed by atoms with Crippen molar-refractivity contribution in [3.63, 3.8) is 0 Å². The van der Waals surface area contributed by atoms with Gasteiger partial charge in [-0.1, -0.05) is 30.0 Å². The summed E-state index contributed by atoms with van der Waals surface area (Å²) in [6.07, 6.45) is 1.30. The standard InChI is InChI=1S/C14H17BrN4O3S4/c1-2-23-14-18-17-13(25-14)16-12(20)9-4-3-7-19(8-9)26(21,22)11-6-5-10(15)24-11/h5-6,9H,2-4,7-8H2,1H3,(H,16,17,20). The van der Waals surface area contributed by atoms with Gasteiger partial charge in [-0.05, 0) is 46.7 Å². The van der Waals surface area contributed by atoms with Gasteiger partial charge in [0.2, 0.25) is 11.0 Å². The van der Waals surface area contributed by atoms with Crippen molar-refractivity contribution in [1.29, 1.82) is 0 Å². The van der Waals surface area contributed by atoms with Crippen molar-refractivity contribution in [2.45, 2.75) is 28.3 Å². The molecule has 0 saturated carbocycles. The number of amides is 1. The van der Waals surface area contributed by atoms with Gasteiger partial charge in [0, 0.05) is 13.1 Å². The number of halogens is 1. The molecule has 1 saturated heterocycles. The number of anilines is 1. The lowest BCUT2D eigenvalue weighted by molar-refractivity contribution is -0.120. The van der Waals surface area contributed by atoms with Gasteiger partial charge in [0.05, 0.1) is 9.70 Å². The van der Waals surface area contributed by atoms with Crippen molar-refractivity contribution in [2.75, 3.05) is 24.2 Å². The van der Waals surface area contributed by atoms with Crippen LogP contribution in [0.1, 0.15) is 19.8 Å². The predicted octanol–water partition coefficient (Wildman–Crippen LogP) is 3.51. The molecule has 12 heteroatoms. The second-order valence-corrected chi connectivity index (χ2v) is 12.7. The molecule has 0 aromatic carbocycles. The molecule has 0 radical (unpaired) electrons. The Morgan fingerprint density at radius 2 is 2.23 bits per heavy atom. The number of piperidine rings is 1. The maximum atomic E-state index is 12.8. The minimum Gasteiger partial charge on any atom is -0.300 e. The second-order valence-electron chi connectivity index (χ2n) is 5.56. The third kappa shape index (κ3) is 4.65. The van der Waals surface area contributed by atoms with Crippen molar-refractivity contribution in [2.24, 2.45) is 5.92 Å². The van der Waals surface area contributed by atoms with Crippen LogP contribution in [0.25, 0.3) is 0 Å². The summed E-state index contributed by atoms with van der Waals surface area (Å²) in [6.45, 7) is 2.63. The van der Waals surface area contributed by atoms with E-state index in [0.717, 1.165) is 13.9 Å². The quantitative estimate of drug-likeness (QED) is 0.485. The molecule has 1 atom stereocenters. The molecule has 1 aliphatic heterocycles. The topological polar surface area (TPSA) is 92.3 Å². The Hall–Kier alpha value is -0.530. The second kappa shape index (κ2) is 8.65. The van der Waals surface area contributed by atoms with Crippen LogP contribution in [0.5, 0.6) is 0 Å². The maximum Gasteiger partial charge on any atom is 0.252 e. The number of rotatable bonds is 6. The zero-order valence-corrected chi connectivity index (χ0v) is 18.7. The number of carbonyl (C=O) groups is 1. The first-order chi connectivity index (χ1) is 12.4. The third-order valence-corrected chi connectivity index (χ3v) is 9.61. The maximum absolute atomic E-state index is 12.8. The summed E-state index contributed by atoms with van der Waals surface area (Å²) in [6, 6.07) is 3.30. The van der Waals surface area contributed by atoms with E-state index in [0.29, 0.717) is 24.5 Å². The summed E-state index contributed by atoms with van der Waals surface area (Å²) >= 11 is 7.36. The van der Waals surface area contributed by atoms with E-state index < -0.39 is 15.9 Å². The molecule has 7 nitrogen and oxygen atoms in total. The number of nitrogens with one attached hydrogen (secondary N) is 1. The number of thioether (sulfide) groups is 1. The van der Waals surface area contributed by atoms with Crippen LogP contribution >= 0.6 is 50.4 Å². The molecule has 3 rings (SSSR count). The van der Waals surface area contributed by atoms with E-state index in [1.54, 1.807) is 23.9 Å². The Balaban J connectivity index is 1.66. The molecule has 2 aromatic heterocycles. The van der Waals surface area contributed by atoms with Crippen molar-refractivity contribution in [3.8, 4) is 0 Å². The summed E-state index contributed by atoms with van der Waals surface area (Å²) in [7, 11) is -3.57. The van der Waals surface area contributed by atoms with Crippen LogP contribution in [0.2, 0.25) is 0 Å². The predicted molar refractivity (Wildman–Crippen MR) is 108 cm³/mol. The number of hydrogen-bond acceptors (Lipinski definition) is 8. The van der Waals surface area contributed by atoms with E-state index >= 15 is 0 Å². The van der Waals surface area contributed by atoms with E-state index in [2.05, 4.69) is 31.4 Å². The fraction of sp³-hybridized carbons (Fsp3) is 0.500. The largest absolute Gasteiger partial charge is 0.300 e. The van der Waals surface area contributed by atoms with E-state index in [1.807, 2.05) is 6.92 Å². The van der Waals surface area contributed by atoms with Gasteiger partial charge in [-0.25, -0.2) is 8.42 Å². The first-order valence-electron chi connectivity index (χ1n) is 7.93. The zero-order chi connectivity index (χ0) is 18.7. The molecule has 1 aliphatic rings. The van der Waals surface area contributed by atoms with Crippen LogP contribution in [0.3, 0.4) is 0 Å². The van der Waals surface area contributed by atoms with Gasteiger partial charge in [0.1, 0.15) is 4.21 Å². The summed E-state index contributed by atoms with van der Waals surface area (Å²) < 4.78 is 28.8. The lowest BCUT2D eigenvalue weighted by Crippen LogP contribution is -2.43. The molecule has 1 N–H and O–H groups in total. The van der Waals surface area contributed by atoms with E-state index in [4.69, 9.17) is 0 Å². The highest BCUT2D eigenvalue weighted by atomic mass is 79.9. The van der Waals surface area contributed by atoms with Gasteiger partial charge in [-0.15, -0.1) is 21.5 Å². The van der Waals surface area contributed by atoms with Gasteiger partial charge >= 0.3 is 0 Å². The minimum absolute atomic E-state index is 0.180. The van der Waals surface area contributed by atoms with Crippen molar-refractivity contribution in [1.82, 2.24) is 14.5 Å². The Morgan fingerprint density at radius 1 is 1.42 bits per heavy atom. The monoisotopic (exact) mass is 496 g/mol. The fourth-order valence-corrected chi connectivity index (χ4v) is 7.93. The number of hydrogen-bond donors (Lipinski definition) is 1. The van der Waals surface area contributed by atoms with E-state index in [-0.39, 0.29) is 16.7 Å². The van der Waals surface area contributed by atoms with Crippen molar-refractivity contribution < 1.29 is 13.2 Å². The summed E-state index contributed by atoms with van der Waals surface area (Å²) in [5.41, 5.74) is 0. The summed E-state index contributed by atoms with van der Waals surface area (Å²) in [5, 5.41) is 11.2. The van der Waals surface area contributed by atoms with Crippen LogP contribution in [-0.4, -0.2) is 47.7 Å². The average molecular weight is 497 g/mol. The van der Waals surface area contributed by atoms with E-state index in [9.17, 15) is 13.2 Å². The van der Waals surface area contributed by atoms with Gasteiger partial charge in [-0.3, -0.25) is 4.79 Å². The third-order valence-electron chi connectivity index (χ3n) is 3.80. The molecule has 26 heavy (non-hydrogen) atoms. The Kier molecular flexibility index (Phi) is 6.73. The molecular weight excluding hydrogens is 480 g/mol. The number of nitrogens with zero attached hydrogens (tertiary/aromatic N) is 3. The van der Waals surface area contributed by atoms with Crippen LogP contribution in [0.4, 0.5) is 5.13 Å². The summed E-state index contributed by atoms with van der Waals surface area (Å²) in [5.74, 6) is 0.284. The highest BCUT2D eigenvalue weighted by molar-refractivity contribution is 9.11. The molecule has 0 bridgehead atoms. The molecule has 0 spiro atoms. The molecule has 1 fully saturated rings. The Labute approximate surface area is 172 Å². The average Bonchev–Trinajstić information content (AvgIpc) is 3.25. The lowest BCUT2D eigenvalue weighted by atomic mass is 9.99. The molecule has 1 unspecified atom stereocenters. The Morgan fingerprint density at radius 3 is 2.92 bits per heavy atom. The number of thiophene rings is 1. The minimum atomic E-state index is -3.57. The molecule has 3 heterocycles. The normalized spacial score (nSPS) is 18.8. The highest BCUT2D eigenvalue weighted by Gasteiger charge is 2.34. The van der Waals surface area contributed by atoms with Gasteiger partial charge < -0.3 is 5.32 Å². The fourth-order valence-electron chi connectivity index (χ4n) is 2.59. The lowest BCUT2D eigenvalue weighted by Gasteiger charge is -2.30. The number of aromatic nitrogens is 2. The van der Waals surface area contributed by atoms with Crippen LogP contribution in [0, 0.1) is 5.92 Å². The Bertz CT molecular complexity index is 882. The molecular formula is C14H17BrN4O3S4. The smallest absolute Gasteiger partial charge is 0.252 e. The molecule has 142 valence electrons. The number of sulfonamides is 1. The van der Waals surface area contributed by atoms with Crippen molar-refractivity contribution in [3.05, 3.63) is 15.9 Å². The van der Waals surface area contributed by atoms with Crippen LogP contribution in [-0.2, 0) is 14.8 Å². The zero-order valence-electron chi connectivity index (χ0n) is 13.8. The SMILES string of the molecule is CCSc1nnc(NC(=O)C2CCCN(S(=O)(=O)c3ccc(Br)s3)C2)s1. The van der Waals surface area contributed by atoms with Crippen molar-refractivity contribution >= 4 is 71.4 Å². The first-order valence-corrected chi connectivity index (χ1v) is 12.8. The molecule has 0 aliphatic carbocycles. The number of carbonyl (C=O) groups excluding carboxylic acids is 1. The van der Waals surface area contributed by atoms with Gasteiger partial charge in [0.15, 0.2) is 4.34 Å². The first kappa shape index (κ1) is 20.2. The van der Waals surface area contributed by atoms with Crippen LogP contribution < -0.4 is 5.32 Å². The van der Waals surface area contributed by atoms with Gasteiger partial charge in [-0.2, -0.15) is 4.31 Å². The molecule has 1 amide bonds. The van der Waals surface area contributed by atoms with Gasteiger partial charge in [0.25, 0.3) is 10.0 Å². The summed E-state index contributed by atoms with van der Waals surface area (Å²) in [4.78, 5) is 12.5. The van der Waals surface area contributed by atoms with E-state index in [1.165, 1.54) is 27.0 Å². The molecule has 2 aromatic rings. The van der Waals surface area contributed by atoms with Crippen LogP contribution in [0.15, 0.2) is 24.5 Å². The highest BCUT2D eigenvalue weighted by Crippen LogP contribution is 2.31.